The van der Waals surface area contributed by atoms with Crippen LogP contribution >= 0.6 is 0 Å². The lowest BCUT2D eigenvalue weighted by Gasteiger charge is -1.98. The standard InChI is InChI=1S/C12H8N2.C3H6O3/c1-2-6-10-9(5-1)13-11-7-3-4-8-12(11)14-10;1-2(4)3(5)6/h1-8H;2,4H,1H3,(H,5,6). The molecule has 3 aromatic rings. The van der Waals surface area contributed by atoms with E-state index in [1.54, 1.807) is 0 Å². The molecule has 1 atom stereocenters. The molecule has 0 fully saturated rings. The highest BCUT2D eigenvalue weighted by molar-refractivity contribution is 5.85. The van der Waals surface area contributed by atoms with Crippen LogP contribution in [0.2, 0.25) is 0 Å². The molecule has 0 saturated heterocycles. The molecule has 0 aliphatic rings. The van der Waals surface area contributed by atoms with Crippen LogP contribution in [-0.2, 0) is 4.79 Å². The van der Waals surface area contributed by atoms with Crippen molar-refractivity contribution in [3.05, 3.63) is 48.5 Å². The van der Waals surface area contributed by atoms with Gasteiger partial charge in [-0.25, -0.2) is 14.8 Å². The number of nitrogens with zero attached hydrogens (tertiary/aromatic N) is 2. The van der Waals surface area contributed by atoms with E-state index in [1.807, 2.05) is 48.5 Å². The number of para-hydroxylation sites is 4. The summed E-state index contributed by atoms with van der Waals surface area (Å²) in [6.45, 7) is 1.20. The maximum Gasteiger partial charge on any atom is 0.332 e. The van der Waals surface area contributed by atoms with Crippen molar-refractivity contribution in [2.75, 3.05) is 0 Å². The van der Waals surface area contributed by atoms with Crippen molar-refractivity contribution in [2.24, 2.45) is 0 Å². The van der Waals surface area contributed by atoms with Gasteiger partial charge < -0.3 is 10.2 Å². The third kappa shape index (κ3) is 3.27. The number of aromatic nitrogens is 2. The van der Waals surface area contributed by atoms with Crippen LogP contribution in [0.5, 0.6) is 0 Å². The largest absolute Gasteiger partial charge is 0.479 e. The van der Waals surface area contributed by atoms with Crippen molar-refractivity contribution < 1.29 is 15.0 Å². The number of aliphatic hydroxyl groups is 1. The molecular weight excluding hydrogens is 256 g/mol. The molecule has 0 spiro atoms. The van der Waals surface area contributed by atoms with Crippen LogP contribution in [0.25, 0.3) is 22.1 Å². The molecule has 0 radical (unpaired) electrons. The Morgan fingerprint density at radius 3 is 1.35 bits per heavy atom. The highest BCUT2D eigenvalue weighted by atomic mass is 16.4. The molecule has 102 valence electrons. The Bertz CT molecular complexity index is 636. The number of rotatable bonds is 1. The van der Waals surface area contributed by atoms with Crippen molar-refractivity contribution in [3.8, 4) is 0 Å². The summed E-state index contributed by atoms with van der Waals surface area (Å²) in [5.74, 6) is -1.19. The minimum atomic E-state index is -1.23. The first-order chi connectivity index (χ1) is 9.58. The normalized spacial score (nSPS) is 11.7. The smallest absolute Gasteiger partial charge is 0.332 e. The summed E-state index contributed by atoms with van der Waals surface area (Å²) < 4.78 is 0. The molecule has 0 saturated carbocycles. The molecule has 0 aliphatic heterocycles. The van der Waals surface area contributed by atoms with Gasteiger partial charge in [0, 0.05) is 0 Å². The van der Waals surface area contributed by atoms with E-state index in [0.29, 0.717) is 0 Å². The van der Waals surface area contributed by atoms with E-state index in [9.17, 15) is 4.79 Å². The minimum absolute atomic E-state index is 0.950. The average Bonchev–Trinajstić information content (AvgIpc) is 2.45. The molecule has 20 heavy (non-hydrogen) atoms. The molecule has 1 aromatic heterocycles. The van der Waals surface area contributed by atoms with Crippen LogP contribution in [0, 0.1) is 0 Å². The second-order valence-electron chi connectivity index (χ2n) is 4.22. The number of benzene rings is 2. The first-order valence-electron chi connectivity index (χ1n) is 6.10. The lowest BCUT2D eigenvalue weighted by atomic mass is 10.2. The fourth-order valence-corrected chi connectivity index (χ4v) is 1.57. The molecular formula is C15H14N2O3. The number of carbonyl (C=O) groups is 1. The molecule has 1 heterocycles. The lowest BCUT2D eigenvalue weighted by Crippen LogP contribution is -2.13. The van der Waals surface area contributed by atoms with Crippen LogP contribution < -0.4 is 0 Å². The van der Waals surface area contributed by atoms with E-state index in [0.717, 1.165) is 22.1 Å². The Balaban J connectivity index is 0.000000212. The zero-order valence-corrected chi connectivity index (χ0v) is 10.9. The van der Waals surface area contributed by atoms with Gasteiger partial charge in [-0.05, 0) is 31.2 Å². The van der Waals surface area contributed by atoms with Gasteiger partial charge in [0.2, 0.25) is 0 Å². The molecule has 0 aliphatic carbocycles. The second-order valence-corrected chi connectivity index (χ2v) is 4.22. The van der Waals surface area contributed by atoms with E-state index < -0.39 is 12.1 Å². The molecule has 1 unspecified atom stereocenters. The predicted octanol–water partition coefficient (Wildman–Crippen LogP) is 2.23. The Labute approximate surface area is 115 Å². The highest BCUT2D eigenvalue weighted by Gasteiger charge is 2.01. The summed E-state index contributed by atoms with van der Waals surface area (Å²) in [6, 6.07) is 15.8. The first kappa shape index (κ1) is 13.9. The van der Waals surface area contributed by atoms with E-state index >= 15 is 0 Å². The topological polar surface area (TPSA) is 83.3 Å². The zero-order valence-electron chi connectivity index (χ0n) is 10.9. The molecule has 0 bridgehead atoms. The fraction of sp³-hybridized carbons (Fsp3) is 0.133. The minimum Gasteiger partial charge on any atom is -0.479 e. The zero-order chi connectivity index (χ0) is 14.5. The summed E-state index contributed by atoms with van der Waals surface area (Å²) >= 11 is 0. The predicted molar refractivity (Wildman–Crippen MR) is 76.4 cm³/mol. The maximum absolute atomic E-state index is 9.45. The molecule has 3 rings (SSSR count). The summed E-state index contributed by atoms with van der Waals surface area (Å²) in [4.78, 5) is 18.5. The van der Waals surface area contributed by atoms with Crippen molar-refractivity contribution in [1.82, 2.24) is 9.97 Å². The van der Waals surface area contributed by atoms with Gasteiger partial charge in [0.15, 0.2) is 0 Å². The molecule has 5 heteroatoms. The number of hydrogen-bond acceptors (Lipinski definition) is 4. The summed E-state index contributed by atoms with van der Waals surface area (Å²) in [5.41, 5.74) is 3.80. The number of fused-ring (bicyclic) bond motifs is 2. The van der Waals surface area contributed by atoms with Crippen molar-refractivity contribution in [2.45, 2.75) is 13.0 Å². The van der Waals surface area contributed by atoms with Crippen molar-refractivity contribution in [3.63, 3.8) is 0 Å². The van der Waals surface area contributed by atoms with Gasteiger partial charge >= 0.3 is 5.97 Å². The van der Waals surface area contributed by atoms with E-state index in [2.05, 4.69) is 9.97 Å². The highest BCUT2D eigenvalue weighted by Crippen LogP contribution is 2.14. The first-order valence-corrected chi connectivity index (χ1v) is 6.10. The maximum atomic E-state index is 9.45. The van der Waals surface area contributed by atoms with Crippen LogP contribution in [0.15, 0.2) is 48.5 Å². The van der Waals surface area contributed by atoms with Gasteiger partial charge in [-0.1, -0.05) is 24.3 Å². The monoisotopic (exact) mass is 270 g/mol. The fourth-order valence-electron chi connectivity index (χ4n) is 1.57. The molecule has 5 nitrogen and oxygen atoms in total. The van der Waals surface area contributed by atoms with Gasteiger partial charge in [0.1, 0.15) is 6.10 Å². The summed E-state index contributed by atoms with van der Waals surface area (Å²) in [6.07, 6.45) is -1.23. The number of aliphatic carboxylic acids is 1. The van der Waals surface area contributed by atoms with Crippen LogP contribution in [0.1, 0.15) is 6.92 Å². The van der Waals surface area contributed by atoms with E-state index in [4.69, 9.17) is 10.2 Å². The number of carboxylic acids is 1. The average molecular weight is 270 g/mol. The Morgan fingerprint density at radius 2 is 1.15 bits per heavy atom. The SMILES string of the molecule is CC(O)C(=O)O.c1ccc2nc3ccccc3nc2c1. The van der Waals surface area contributed by atoms with Crippen molar-refractivity contribution >= 4 is 28.0 Å². The van der Waals surface area contributed by atoms with Gasteiger partial charge in [-0.15, -0.1) is 0 Å². The number of hydrogen-bond donors (Lipinski definition) is 2. The summed E-state index contributed by atoms with van der Waals surface area (Å²) in [7, 11) is 0. The lowest BCUT2D eigenvalue weighted by molar-refractivity contribution is -0.145. The molecule has 0 amide bonds. The van der Waals surface area contributed by atoms with Gasteiger partial charge in [-0.3, -0.25) is 0 Å². The molecule has 2 aromatic carbocycles. The van der Waals surface area contributed by atoms with Crippen LogP contribution in [0.3, 0.4) is 0 Å². The van der Waals surface area contributed by atoms with Gasteiger partial charge in [0.05, 0.1) is 22.1 Å². The second kappa shape index (κ2) is 6.08. The summed E-state index contributed by atoms with van der Waals surface area (Å²) in [5, 5.41) is 15.8. The Kier molecular flexibility index (Phi) is 4.22. The third-order valence-electron chi connectivity index (χ3n) is 2.60. The van der Waals surface area contributed by atoms with E-state index in [1.165, 1.54) is 6.92 Å². The van der Waals surface area contributed by atoms with Crippen molar-refractivity contribution in [1.29, 1.82) is 0 Å². The molecule has 2 N–H and O–H groups in total. The number of aliphatic hydroxyl groups excluding tert-OH is 1. The van der Waals surface area contributed by atoms with Crippen LogP contribution in [-0.4, -0.2) is 32.3 Å². The van der Waals surface area contributed by atoms with Gasteiger partial charge in [-0.2, -0.15) is 0 Å². The van der Waals surface area contributed by atoms with Crippen LogP contribution in [0.4, 0.5) is 0 Å². The number of carboxylic acid groups (broad SMARTS) is 1. The van der Waals surface area contributed by atoms with E-state index in [-0.39, 0.29) is 0 Å². The van der Waals surface area contributed by atoms with Gasteiger partial charge in [0.25, 0.3) is 0 Å². The Morgan fingerprint density at radius 1 is 0.900 bits per heavy atom. The quantitative estimate of drug-likeness (QED) is 0.662. The Hall–Kier alpha value is -2.53. The third-order valence-corrected chi connectivity index (χ3v) is 2.60.